The zero-order valence-corrected chi connectivity index (χ0v) is 6.69. The first kappa shape index (κ1) is 7.03. The van der Waals surface area contributed by atoms with Crippen LogP contribution in [0.1, 0.15) is 16.1 Å². The van der Waals surface area contributed by atoms with E-state index in [1.807, 2.05) is 25.3 Å². The Morgan fingerprint density at radius 1 is 1.50 bits per heavy atom. The fourth-order valence-electron chi connectivity index (χ4n) is 1.17. The first-order valence-corrected chi connectivity index (χ1v) is 3.71. The Hall–Kier alpha value is -1.64. The van der Waals surface area contributed by atoms with Gasteiger partial charge >= 0.3 is 0 Å². The number of fused-ring (bicyclic) bond motifs is 1. The summed E-state index contributed by atoms with van der Waals surface area (Å²) >= 11 is 0. The van der Waals surface area contributed by atoms with E-state index in [0.717, 1.165) is 17.4 Å². The summed E-state index contributed by atoms with van der Waals surface area (Å²) in [6.45, 7) is 1.99. The van der Waals surface area contributed by atoms with E-state index in [4.69, 9.17) is 0 Å². The van der Waals surface area contributed by atoms with Crippen molar-refractivity contribution in [2.45, 2.75) is 6.92 Å². The number of carbonyl (C=O) groups excluding carboxylic acids is 1. The Labute approximate surface area is 69.6 Å². The van der Waals surface area contributed by atoms with Crippen molar-refractivity contribution < 1.29 is 4.79 Å². The molecular formula is C9H8N2O. The van der Waals surface area contributed by atoms with E-state index in [9.17, 15) is 4.79 Å². The highest BCUT2D eigenvalue weighted by atomic mass is 16.1. The van der Waals surface area contributed by atoms with Crippen LogP contribution in [0.3, 0.4) is 0 Å². The van der Waals surface area contributed by atoms with Gasteiger partial charge in [0.2, 0.25) is 0 Å². The summed E-state index contributed by atoms with van der Waals surface area (Å²) in [5, 5.41) is 4.04. The average Bonchev–Trinajstić information content (AvgIpc) is 2.46. The Bertz CT molecular complexity index is 431. The molecule has 0 saturated heterocycles. The van der Waals surface area contributed by atoms with Gasteiger partial charge in [0.25, 0.3) is 0 Å². The normalized spacial score (nSPS) is 10.4. The van der Waals surface area contributed by atoms with Gasteiger partial charge in [-0.15, -0.1) is 0 Å². The number of carbonyl (C=O) groups is 1. The maximum Gasteiger partial charge on any atom is 0.170 e. The molecule has 0 N–H and O–H groups in total. The number of pyridine rings is 1. The number of rotatable bonds is 1. The van der Waals surface area contributed by atoms with Crippen LogP contribution in [0, 0.1) is 6.92 Å². The highest BCUT2D eigenvalue weighted by molar-refractivity contribution is 5.74. The van der Waals surface area contributed by atoms with Crippen LogP contribution < -0.4 is 0 Å². The van der Waals surface area contributed by atoms with Gasteiger partial charge in [0.05, 0.1) is 5.52 Å². The summed E-state index contributed by atoms with van der Waals surface area (Å²) in [5.74, 6) is 0. The van der Waals surface area contributed by atoms with Crippen molar-refractivity contribution in [1.82, 2.24) is 9.61 Å². The number of aryl methyl sites for hydroxylation is 1. The number of aldehydes is 1. The maximum atomic E-state index is 10.4. The molecule has 0 bridgehead atoms. The van der Waals surface area contributed by atoms with Gasteiger partial charge in [-0.05, 0) is 24.6 Å². The molecule has 0 spiro atoms. The summed E-state index contributed by atoms with van der Waals surface area (Å²) in [6.07, 6.45) is 2.64. The van der Waals surface area contributed by atoms with E-state index in [1.165, 1.54) is 0 Å². The van der Waals surface area contributed by atoms with Crippen molar-refractivity contribution >= 4 is 11.8 Å². The lowest BCUT2D eigenvalue weighted by Gasteiger charge is -1.92. The summed E-state index contributed by atoms with van der Waals surface area (Å²) < 4.78 is 1.71. The van der Waals surface area contributed by atoms with Crippen LogP contribution in [0.15, 0.2) is 24.4 Å². The third-order valence-electron chi connectivity index (χ3n) is 1.75. The number of nitrogens with zero attached hydrogens (tertiary/aromatic N) is 2. The van der Waals surface area contributed by atoms with E-state index < -0.39 is 0 Å². The minimum Gasteiger partial charge on any atom is -0.296 e. The lowest BCUT2D eigenvalue weighted by Crippen LogP contribution is -1.88. The standard InChI is InChI=1S/C9H8N2O/c1-7-2-3-9-4-8(6-12)10-11(9)5-7/h2-6H,1H3. The molecule has 0 aromatic carbocycles. The van der Waals surface area contributed by atoms with Crippen molar-refractivity contribution in [3.05, 3.63) is 35.7 Å². The fourth-order valence-corrected chi connectivity index (χ4v) is 1.17. The summed E-state index contributed by atoms with van der Waals surface area (Å²) in [5.41, 5.74) is 2.55. The SMILES string of the molecule is Cc1ccc2cc(C=O)nn2c1. The lowest BCUT2D eigenvalue weighted by molar-refractivity contribution is 0.111. The topological polar surface area (TPSA) is 34.4 Å². The van der Waals surface area contributed by atoms with Gasteiger partial charge in [-0.3, -0.25) is 4.79 Å². The second-order valence-corrected chi connectivity index (χ2v) is 2.76. The number of hydrogen-bond acceptors (Lipinski definition) is 2. The van der Waals surface area contributed by atoms with E-state index in [2.05, 4.69) is 5.10 Å². The van der Waals surface area contributed by atoms with Crippen LogP contribution in [0.4, 0.5) is 0 Å². The molecule has 0 radical (unpaired) electrons. The zero-order valence-electron chi connectivity index (χ0n) is 6.69. The van der Waals surface area contributed by atoms with Gasteiger partial charge < -0.3 is 0 Å². The quantitative estimate of drug-likeness (QED) is 0.592. The van der Waals surface area contributed by atoms with Crippen LogP contribution in [0.2, 0.25) is 0 Å². The molecule has 0 amide bonds. The Balaban J connectivity index is 2.75. The second kappa shape index (κ2) is 2.44. The maximum absolute atomic E-state index is 10.4. The molecule has 2 rings (SSSR count). The molecule has 60 valence electrons. The third-order valence-corrected chi connectivity index (χ3v) is 1.75. The Morgan fingerprint density at radius 3 is 3.08 bits per heavy atom. The van der Waals surface area contributed by atoms with Crippen LogP contribution in [-0.2, 0) is 0 Å². The molecular weight excluding hydrogens is 152 g/mol. The fraction of sp³-hybridized carbons (Fsp3) is 0.111. The summed E-state index contributed by atoms with van der Waals surface area (Å²) in [7, 11) is 0. The first-order valence-electron chi connectivity index (χ1n) is 3.71. The molecule has 0 saturated carbocycles. The highest BCUT2D eigenvalue weighted by Gasteiger charge is 1.98. The molecule has 0 unspecified atom stereocenters. The molecule has 2 aromatic heterocycles. The molecule has 0 aliphatic rings. The van der Waals surface area contributed by atoms with Gasteiger partial charge in [0.1, 0.15) is 5.69 Å². The lowest BCUT2D eigenvalue weighted by atomic mass is 10.3. The second-order valence-electron chi connectivity index (χ2n) is 2.76. The van der Waals surface area contributed by atoms with Gasteiger partial charge in [-0.2, -0.15) is 5.10 Å². The van der Waals surface area contributed by atoms with Gasteiger partial charge in [0.15, 0.2) is 6.29 Å². The molecule has 2 aromatic rings. The van der Waals surface area contributed by atoms with E-state index in [0.29, 0.717) is 5.69 Å². The first-order chi connectivity index (χ1) is 5.79. The van der Waals surface area contributed by atoms with Crippen molar-refractivity contribution in [3.63, 3.8) is 0 Å². The minimum absolute atomic E-state index is 0.473. The minimum atomic E-state index is 0.473. The smallest absolute Gasteiger partial charge is 0.170 e. The van der Waals surface area contributed by atoms with Crippen molar-refractivity contribution in [2.24, 2.45) is 0 Å². The van der Waals surface area contributed by atoms with E-state index in [1.54, 1.807) is 10.6 Å². The predicted molar refractivity (Wildman–Crippen MR) is 45.3 cm³/mol. The Kier molecular flexibility index (Phi) is 1.43. The monoisotopic (exact) mass is 160 g/mol. The molecule has 0 fully saturated rings. The van der Waals surface area contributed by atoms with Crippen LogP contribution in [0.5, 0.6) is 0 Å². The molecule has 3 heteroatoms. The average molecular weight is 160 g/mol. The third kappa shape index (κ3) is 0.993. The molecule has 2 heterocycles. The predicted octanol–water partition coefficient (Wildman–Crippen LogP) is 1.46. The van der Waals surface area contributed by atoms with Gasteiger partial charge in [-0.25, -0.2) is 4.52 Å². The van der Waals surface area contributed by atoms with Gasteiger partial charge in [0, 0.05) is 6.20 Å². The summed E-state index contributed by atoms with van der Waals surface area (Å²) in [6, 6.07) is 5.69. The van der Waals surface area contributed by atoms with Crippen LogP contribution >= 0.6 is 0 Å². The number of hydrogen-bond donors (Lipinski definition) is 0. The molecule has 0 aliphatic carbocycles. The molecule has 0 aliphatic heterocycles. The van der Waals surface area contributed by atoms with Gasteiger partial charge in [-0.1, -0.05) is 6.07 Å². The van der Waals surface area contributed by atoms with Crippen LogP contribution in [-0.4, -0.2) is 15.9 Å². The highest BCUT2D eigenvalue weighted by Crippen LogP contribution is 2.06. The van der Waals surface area contributed by atoms with Crippen molar-refractivity contribution in [1.29, 1.82) is 0 Å². The molecule has 12 heavy (non-hydrogen) atoms. The summed E-state index contributed by atoms with van der Waals surface area (Å²) in [4.78, 5) is 10.4. The van der Waals surface area contributed by atoms with Crippen molar-refractivity contribution in [2.75, 3.05) is 0 Å². The van der Waals surface area contributed by atoms with E-state index in [-0.39, 0.29) is 0 Å². The van der Waals surface area contributed by atoms with E-state index >= 15 is 0 Å². The van der Waals surface area contributed by atoms with Crippen molar-refractivity contribution in [3.8, 4) is 0 Å². The zero-order chi connectivity index (χ0) is 8.55. The Morgan fingerprint density at radius 2 is 2.33 bits per heavy atom. The number of aromatic nitrogens is 2. The van der Waals surface area contributed by atoms with Crippen LogP contribution in [0.25, 0.3) is 5.52 Å². The largest absolute Gasteiger partial charge is 0.296 e. The molecule has 0 atom stereocenters. The molecule has 3 nitrogen and oxygen atoms in total.